The van der Waals surface area contributed by atoms with E-state index in [1.165, 1.54) is 17.6 Å². The highest BCUT2D eigenvalue weighted by molar-refractivity contribution is 7.10. The molecule has 2 heterocycles. The van der Waals surface area contributed by atoms with Crippen LogP contribution < -0.4 is 0 Å². The Bertz CT molecular complexity index is 582. The van der Waals surface area contributed by atoms with Gasteiger partial charge in [-0.2, -0.15) is 0 Å². The molecule has 0 aliphatic carbocycles. The van der Waals surface area contributed by atoms with Crippen LogP contribution in [0.4, 0.5) is 0 Å². The maximum Gasteiger partial charge on any atom is 0.310 e. The molecule has 1 aromatic heterocycles. The first-order chi connectivity index (χ1) is 10.3. The molecule has 0 radical (unpaired) electrons. The second kappa shape index (κ2) is 6.41. The molecule has 3 nitrogen and oxygen atoms in total. The number of ether oxygens (including phenoxy) is 1. The lowest BCUT2D eigenvalue weighted by Gasteiger charge is -2.15. The number of rotatable bonds is 4. The Kier molecular flexibility index (Phi) is 4.36. The molecule has 0 spiro atoms. The van der Waals surface area contributed by atoms with E-state index < -0.39 is 0 Å². The highest BCUT2D eigenvalue weighted by Gasteiger charge is 2.39. The lowest BCUT2D eigenvalue weighted by atomic mass is 9.95. The second-order valence-electron chi connectivity index (χ2n) is 5.43. The molecule has 21 heavy (non-hydrogen) atoms. The molecule has 0 saturated carbocycles. The van der Waals surface area contributed by atoms with Gasteiger partial charge in [0, 0.05) is 30.4 Å². The van der Waals surface area contributed by atoms with Crippen LogP contribution in [0.2, 0.25) is 0 Å². The summed E-state index contributed by atoms with van der Waals surface area (Å²) in [5.41, 5.74) is 1.29. The van der Waals surface area contributed by atoms with Crippen molar-refractivity contribution in [3.63, 3.8) is 0 Å². The van der Waals surface area contributed by atoms with Crippen molar-refractivity contribution in [2.75, 3.05) is 20.2 Å². The van der Waals surface area contributed by atoms with Crippen molar-refractivity contribution >= 4 is 17.3 Å². The second-order valence-corrected chi connectivity index (χ2v) is 6.41. The fraction of sp³-hybridized carbons (Fsp3) is 0.353. The summed E-state index contributed by atoms with van der Waals surface area (Å²) in [6, 6.07) is 14.6. The van der Waals surface area contributed by atoms with Gasteiger partial charge in [0.05, 0.1) is 13.0 Å². The summed E-state index contributed by atoms with van der Waals surface area (Å²) >= 11 is 1.73. The van der Waals surface area contributed by atoms with Crippen molar-refractivity contribution in [1.82, 2.24) is 4.90 Å². The highest BCUT2D eigenvalue weighted by Crippen LogP contribution is 2.36. The lowest BCUT2D eigenvalue weighted by Crippen LogP contribution is -2.24. The molecule has 2 unspecified atom stereocenters. The molecule has 3 rings (SSSR count). The minimum absolute atomic E-state index is 0.0580. The van der Waals surface area contributed by atoms with Crippen LogP contribution >= 0.6 is 11.3 Å². The molecular formula is C17H19NO2S. The minimum Gasteiger partial charge on any atom is -0.469 e. The molecular weight excluding hydrogens is 282 g/mol. The zero-order valence-electron chi connectivity index (χ0n) is 12.1. The largest absolute Gasteiger partial charge is 0.469 e. The first kappa shape index (κ1) is 14.3. The molecule has 2 aromatic rings. The Morgan fingerprint density at radius 2 is 2.05 bits per heavy atom. The van der Waals surface area contributed by atoms with E-state index in [2.05, 4.69) is 40.6 Å². The summed E-state index contributed by atoms with van der Waals surface area (Å²) in [5, 5.41) is 2.07. The van der Waals surface area contributed by atoms with Crippen LogP contribution in [0.15, 0.2) is 47.8 Å². The predicted molar refractivity (Wildman–Crippen MR) is 84.3 cm³/mol. The average Bonchev–Trinajstić information content (AvgIpc) is 3.16. The van der Waals surface area contributed by atoms with Crippen LogP contribution in [0.25, 0.3) is 0 Å². The fourth-order valence-electron chi connectivity index (χ4n) is 3.04. The van der Waals surface area contributed by atoms with Crippen LogP contribution in [0.3, 0.4) is 0 Å². The minimum atomic E-state index is -0.0936. The van der Waals surface area contributed by atoms with Crippen molar-refractivity contribution in [1.29, 1.82) is 0 Å². The summed E-state index contributed by atoms with van der Waals surface area (Å²) in [4.78, 5) is 15.7. The van der Waals surface area contributed by atoms with Crippen LogP contribution in [-0.4, -0.2) is 31.1 Å². The zero-order valence-corrected chi connectivity index (χ0v) is 12.9. The zero-order chi connectivity index (χ0) is 14.7. The highest BCUT2D eigenvalue weighted by atomic mass is 32.1. The van der Waals surface area contributed by atoms with E-state index in [0.717, 1.165) is 19.6 Å². The fourth-order valence-corrected chi connectivity index (χ4v) is 3.92. The van der Waals surface area contributed by atoms with Crippen molar-refractivity contribution in [3.8, 4) is 0 Å². The van der Waals surface area contributed by atoms with Crippen molar-refractivity contribution < 1.29 is 9.53 Å². The Balaban J connectivity index is 1.76. The van der Waals surface area contributed by atoms with E-state index in [-0.39, 0.29) is 17.8 Å². The number of nitrogens with zero attached hydrogens (tertiary/aromatic N) is 1. The van der Waals surface area contributed by atoms with Crippen LogP contribution in [0.5, 0.6) is 0 Å². The maximum atomic E-state index is 12.1. The summed E-state index contributed by atoms with van der Waals surface area (Å²) in [5.74, 6) is 0.0995. The van der Waals surface area contributed by atoms with Crippen LogP contribution in [0, 0.1) is 5.92 Å². The number of esters is 1. The van der Waals surface area contributed by atoms with E-state index in [1.54, 1.807) is 11.3 Å². The molecule has 1 saturated heterocycles. The van der Waals surface area contributed by atoms with Gasteiger partial charge in [-0.05, 0) is 17.0 Å². The third-order valence-electron chi connectivity index (χ3n) is 4.06. The number of benzene rings is 1. The van der Waals surface area contributed by atoms with Crippen molar-refractivity contribution in [2.24, 2.45) is 5.92 Å². The Hall–Kier alpha value is -1.65. The van der Waals surface area contributed by atoms with Crippen LogP contribution in [-0.2, 0) is 16.1 Å². The maximum absolute atomic E-state index is 12.1. The molecule has 4 heteroatoms. The van der Waals surface area contributed by atoms with Gasteiger partial charge in [-0.15, -0.1) is 11.3 Å². The summed E-state index contributed by atoms with van der Waals surface area (Å²) < 4.78 is 5.00. The topological polar surface area (TPSA) is 29.5 Å². The van der Waals surface area contributed by atoms with E-state index in [9.17, 15) is 4.79 Å². The quantitative estimate of drug-likeness (QED) is 0.813. The Labute approximate surface area is 129 Å². The lowest BCUT2D eigenvalue weighted by molar-refractivity contribution is -0.145. The molecule has 1 aliphatic heterocycles. The van der Waals surface area contributed by atoms with Gasteiger partial charge in [-0.25, -0.2) is 0 Å². The van der Waals surface area contributed by atoms with E-state index in [4.69, 9.17) is 4.74 Å². The number of hydrogen-bond donors (Lipinski definition) is 0. The molecule has 1 aliphatic rings. The monoisotopic (exact) mass is 301 g/mol. The molecule has 2 atom stereocenters. The standard InChI is InChI=1S/C17H19NO2S/c1-20-17(19)15-12-18(10-13-6-3-2-4-7-13)11-14(15)16-8-5-9-21-16/h2-9,14-15H,10-12H2,1H3. The number of carbonyl (C=O) groups is 1. The number of carbonyl (C=O) groups excluding carboxylic acids is 1. The van der Waals surface area contributed by atoms with Gasteiger partial charge in [0.2, 0.25) is 0 Å². The SMILES string of the molecule is COC(=O)C1CN(Cc2ccccc2)CC1c1cccs1. The number of thiophene rings is 1. The van der Waals surface area contributed by atoms with Crippen LogP contribution in [0.1, 0.15) is 16.4 Å². The average molecular weight is 301 g/mol. The molecule has 110 valence electrons. The van der Waals surface area contributed by atoms with E-state index in [0.29, 0.717) is 0 Å². The van der Waals surface area contributed by atoms with Gasteiger partial charge >= 0.3 is 5.97 Å². The predicted octanol–water partition coefficient (Wildman–Crippen LogP) is 3.14. The molecule has 0 amide bonds. The third kappa shape index (κ3) is 3.17. The van der Waals surface area contributed by atoms with E-state index >= 15 is 0 Å². The smallest absolute Gasteiger partial charge is 0.310 e. The molecule has 1 aromatic carbocycles. The van der Waals surface area contributed by atoms with Gasteiger partial charge in [-0.3, -0.25) is 9.69 Å². The first-order valence-electron chi connectivity index (χ1n) is 7.15. The first-order valence-corrected chi connectivity index (χ1v) is 8.03. The molecule has 0 bridgehead atoms. The number of likely N-dealkylation sites (tertiary alicyclic amines) is 1. The summed E-state index contributed by atoms with van der Waals surface area (Å²) in [6.45, 7) is 2.56. The summed E-state index contributed by atoms with van der Waals surface area (Å²) in [7, 11) is 1.48. The summed E-state index contributed by atoms with van der Waals surface area (Å²) in [6.07, 6.45) is 0. The van der Waals surface area contributed by atoms with Crippen molar-refractivity contribution in [2.45, 2.75) is 12.5 Å². The Morgan fingerprint density at radius 3 is 2.71 bits per heavy atom. The van der Waals surface area contributed by atoms with Gasteiger partial charge in [0.1, 0.15) is 0 Å². The van der Waals surface area contributed by atoms with Gasteiger partial charge in [-0.1, -0.05) is 36.4 Å². The normalized spacial score (nSPS) is 22.3. The van der Waals surface area contributed by atoms with Gasteiger partial charge < -0.3 is 4.74 Å². The number of methoxy groups -OCH3 is 1. The molecule has 1 fully saturated rings. The van der Waals surface area contributed by atoms with Crippen molar-refractivity contribution in [3.05, 3.63) is 58.3 Å². The van der Waals surface area contributed by atoms with Gasteiger partial charge in [0.15, 0.2) is 0 Å². The third-order valence-corrected chi connectivity index (χ3v) is 5.06. The number of hydrogen-bond acceptors (Lipinski definition) is 4. The van der Waals surface area contributed by atoms with Gasteiger partial charge in [0.25, 0.3) is 0 Å². The Morgan fingerprint density at radius 1 is 1.24 bits per heavy atom. The molecule has 0 N–H and O–H groups in total. The van der Waals surface area contributed by atoms with E-state index in [1.807, 2.05) is 12.1 Å².